The molecule has 0 saturated carbocycles. The normalized spacial score (nSPS) is 24.7. The quantitative estimate of drug-likeness (QED) is 0.400. The Bertz CT molecular complexity index is 777. The third kappa shape index (κ3) is 6.24. The van der Waals surface area contributed by atoms with E-state index in [9.17, 15) is 19.7 Å². The standard InChI is InChI=1S/C22H33N3O6/c1-13(2)19(31-12-14-9-7-6-8-10-14)16-17(21(28)23-11-15(26)27)24-20(22(3,4)5)18(16)25(29)30/h6-10,13,16-20,24H,11-12H2,1-5H3,(H,23,28)(H,26,27)/t16-,17+,18+,19+,20-/m1/s1. The predicted molar refractivity (Wildman–Crippen MR) is 115 cm³/mol. The number of amides is 1. The number of nitro groups is 1. The van der Waals surface area contributed by atoms with Gasteiger partial charge in [0.05, 0.1) is 30.7 Å². The molecule has 0 radical (unpaired) electrons. The Labute approximate surface area is 182 Å². The average Bonchev–Trinajstić information content (AvgIpc) is 3.08. The summed E-state index contributed by atoms with van der Waals surface area (Å²) in [5.41, 5.74) is 0.426. The Morgan fingerprint density at radius 2 is 1.87 bits per heavy atom. The molecule has 2 rings (SSSR count). The maximum absolute atomic E-state index is 12.9. The number of carbonyl (C=O) groups excluding carboxylic acids is 1. The summed E-state index contributed by atoms with van der Waals surface area (Å²) in [6.07, 6.45) is -0.587. The van der Waals surface area contributed by atoms with Gasteiger partial charge in [-0.3, -0.25) is 25.0 Å². The number of ether oxygens (including phenoxy) is 1. The number of nitrogens with one attached hydrogen (secondary N) is 2. The zero-order valence-corrected chi connectivity index (χ0v) is 18.7. The van der Waals surface area contributed by atoms with Gasteiger partial charge in [-0.15, -0.1) is 0 Å². The van der Waals surface area contributed by atoms with Gasteiger partial charge in [0.15, 0.2) is 0 Å². The first-order valence-electron chi connectivity index (χ1n) is 10.5. The van der Waals surface area contributed by atoms with Crippen molar-refractivity contribution in [3.63, 3.8) is 0 Å². The molecular weight excluding hydrogens is 402 g/mol. The molecule has 3 N–H and O–H groups in total. The highest BCUT2D eigenvalue weighted by atomic mass is 16.6. The number of hydrogen-bond donors (Lipinski definition) is 3. The highest BCUT2D eigenvalue weighted by Crippen LogP contribution is 2.38. The van der Waals surface area contributed by atoms with Crippen molar-refractivity contribution in [3.05, 3.63) is 46.0 Å². The largest absolute Gasteiger partial charge is 0.480 e. The first kappa shape index (κ1) is 24.7. The van der Waals surface area contributed by atoms with Gasteiger partial charge in [0.25, 0.3) is 0 Å². The molecule has 9 nitrogen and oxygen atoms in total. The lowest BCUT2D eigenvalue weighted by molar-refractivity contribution is -0.536. The number of rotatable bonds is 9. The zero-order chi connectivity index (χ0) is 23.3. The lowest BCUT2D eigenvalue weighted by Crippen LogP contribution is -2.51. The van der Waals surface area contributed by atoms with E-state index < -0.39 is 54.0 Å². The van der Waals surface area contributed by atoms with Crippen molar-refractivity contribution in [2.24, 2.45) is 17.3 Å². The topological polar surface area (TPSA) is 131 Å². The van der Waals surface area contributed by atoms with Gasteiger partial charge in [0.2, 0.25) is 11.9 Å². The maximum atomic E-state index is 12.9. The van der Waals surface area contributed by atoms with Crippen LogP contribution in [0.2, 0.25) is 0 Å². The van der Waals surface area contributed by atoms with E-state index in [2.05, 4.69) is 10.6 Å². The van der Waals surface area contributed by atoms with Crippen molar-refractivity contribution in [1.82, 2.24) is 10.6 Å². The summed E-state index contributed by atoms with van der Waals surface area (Å²) in [5, 5.41) is 26.6. The fraction of sp³-hybridized carbons (Fsp3) is 0.636. The predicted octanol–water partition coefficient (Wildman–Crippen LogP) is 2.08. The maximum Gasteiger partial charge on any atom is 0.322 e. The highest BCUT2D eigenvalue weighted by molar-refractivity contribution is 5.86. The average molecular weight is 436 g/mol. The zero-order valence-electron chi connectivity index (χ0n) is 18.7. The number of aliphatic carboxylic acids is 1. The van der Waals surface area contributed by atoms with Gasteiger partial charge in [0, 0.05) is 4.92 Å². The van der Waals surface area contributed by atoms with E-state index in [0.29, 0.717) is 0 Å². The summed E-state index contributed by atoms with van der Waals surface area (Å²) in [6.45, 7) is 9.16. The minimum Gasteiger partial charge on any atom is -0.480 e. The number of carboxylic acids is 1. The number of hydrogen-bond acceptors (Lipinski definition) is 6. The van der Waals surface area contributed by atoms with Crippen LogP contribution in [0.1, 0.15) is 40.2 Å². The molecule has 1 aromatic carbocycles. The van der Waals surface area contributed by atoms with Gasteiger partial charge in [0.1, 0.15) is 6.54 Å². The highest BCUT2D eigenvalue weighted by Gasteiger charge is 2.59. The summed E-state index contributed by atoms with van der Waals surface area (Å²) >= 11 is 0. The monoisotopic (exact) mass is 435 g/mol. The van der Waals surface area contributed by atoms with E-state index in [1.807, 2.05) is 65.0 Å². The van der Waals surface area contributed by atoms with Crippen molar-refractivity contribution in [2.45, 2.75) is 65.5 Å². The number of benzene rings is 1. The molecule has 0 spiro atoms. The van der Waals surface area contributed by atoms with Gasteiger partial charge in [-0.1, -0.05) is 65.0 Å². The minimum atomic E-state index is -1.18. The summed E-state index contributed by atoms with van der Waals surface area (Å²) in [4.78, 5) is 35.7. The van der Waals surface area contributed by atoms with Gasteiger partial charge < -0.3 is 15.2 Å². The Kier molecular flexibility index (Phi) is 8.14. The first-order valence-corrected chi connectivity index (χ1v) is 10.5. The van der Waals surface area contributed by atoms with Gasteiger partial charge >= 0.3 is 5.97 Å². The van der Waals surface area contributed by atoms with Gasteiger partial charge in [-0.25, -0.2) is 0 Å². The van der Waals surface area contributed by atoms with E-state index in [4.69, 9.17) is 9.84 Å². The third-order valence-corrected chi connectivity index (χ3v) is 5.67. The lowest BCUT2D eigenvalue weighted by Gasteiger charge is -2.32. The van der Waals surface area contributed by atoms with Crippen LogP contribution in [-0.4, -0.2) is 52.7 Å². The fourth-order valence-electron chi connectivity index (χ4n) is 4.27. The molecule has 1 aromatic rings. The molecule has 0 aliphatic carbocycles. The smallest absolute Gasteiger partial charge is 0.322 e. The van der Waals surface area contributed by atoms with Crippen molar-refractivity contribution in [2.75, 3.05) is 6.54 Å². The van der Waals surface area contributed by atoms with Crippen LogP contribution in [0.25, 0.3) is 0 Å². The molecule has 1 fully saturated rings. The third-order valence-electron chi connectivity index (χ3n) is 5.67. The van der Waals surface area contributed by atoms with Crippen molar-refractivity contribution in [1.29, 1.82) is 0 Å². The van der Waals surface area contributed by atoms with E-state index in [-0.39, 0.29) is 17.4 Å². The van der Waals surface area contributed by atoms with Gasteiger partial charge in [-0.2, -0.15) is 0 Å². The second-order valence-electron chi connectivity index (χ2n) is 9.46. The molecule has 0 aromatic heterocycles. The molecule has 172 valence electrons. The molecule has 1 amide bonds. The number of nitrogens with zero attached hydrogens (tertiary/aromatic N) is 1. The SMILES string of the molecule is CC(C)[C@H](OCc1ccccc1)[C@H]1[C@H]([N+](=O)[O-])[C@H](C(C)(C)C)N[C@@H]1C(=O)NCC(=O)O. The van der Waals surface area contributed by atoms with E-state index >= 15 is 0 Å². The van der Waals surface area contributed by atoms with Crippen LogP contribution in [0.15, 0.2) is 30.3 Å². The van der Waals surface area contributed by atoms with Crippen molar-refractivity contribution >= 4 is 11.9 Å². The molecule has 1 heterocycles. The molecule has 1 aliphatic heterocycles. The van der Waals surface area contributed by atoms with Crippen molar-refractivity contribution < 1.29 is 24.4 Å². The first-order chi connectivity index (χ1) is 14.4. The van der Waals surface area contributed by atoms with Crippen LogP contribution < -0.4 is 10.6 Å². The Morgan fingerprint density at radius 3 is 2.35 bits per heavy atom. The molecule has 0 unspecified atom stereocenters. The molecule has 31 heavy (non-hydrogen) atoms. The second-order valence-corrected chi connectivity index (χ2v) is 9.46. The summed E-state index contributed by atoms with van der Waals surface area (Å²) in [6, 6.07) is 6.88. The molecule has 5 atom stereocenters. The Balaban J connectivity index is 2.40. The van der Waals surface area contributed by atoms with E-state index in [0.717, 1.165) is 5.56 Å². The van der Waals surface area contributed by atoms with Crippen LogP contribution >= 0.6 is 0 Å². The molecule has 1 aliphatic rings. The van der Waals surface area contributed by atoms with E-state index in [1.54, 1.807) is 0 Å². The Hall–Kier alpha value is -2.52. The van der Waals surface area contributed by atoms with Crippen LogP contribution in [-0.2, 0) is 20.9 Å². The van der Waals surface area contributed by atoms with Crippen LogP contribution in [0.5, 0.6) is 0 Å². The minimum absolute atomic E-state index is 0.105. The summed E-state index contributed by atoms with van der Waals surface area (Å²) in [7, 11) is 0. The fourth-order valence-corrected chi connectivity index (χ4v) is 4.27. The molecule has 1 saturated heterocycles. The van der Waals surface area contributed by atoms with Crippen LogP contribution in [0, 0.1) is 27.4 Å². The number of carboxylic acid groups (broad SMARTS) is 1. The van der Waals surface area contributed by atoms with Crippen LogP contribution in [0.4, 0.5) is 0 Å². The molecule has 9 heteroatoms. The molecule has 0 bridgehead atoms. The summed E-state index contributed by atoms with van der Waals surface area (Å²) in [5.74, 6) is -2.62. The second kappa shape index (κ2) is 10.2. The van der Waals surface area contributed by atoms with E-state index in [1.165, 1.54) is 0 Å². The van der Waals surface area contributed by atoms with Crippen LogP contribution in [0.3, 0.4) is 0 Å². The molecular formula is C22H33N3O6. The van der Waals surface area contributed by atoms with Gasteiger partial charge in [-0.05, 0) is 16.9 Å². The summed E-state index contributed by atoms with van der Waals surface area (Å²) < 4.78 is 6.18. The van der Waals surface area contributed by atoms with Crippen molar-refractivity contribution in [3.8, 4) is 0 Å². The lowest BCUT2D eigenvalue weighted by atomic mass is 9.77. The number of carbonyl (C=O) groups is 2. The Morgan fingerprint density at radius 1 is 1.26 bits per heavy atom.